The first kappa shape index (κ1) is 13.3. The largest absolute Gasteiger partial charge is 0.324 e. The van der Waals surface area contributed by atoms with Gasteiger partial charge >= 0.3 is 0 Å². The maximum absolute atomic E-state index is 13.4. The molecule has 2 aromatic rings. The van der Waals surface area contributed by atoms with Crippen molar-refractivity contribution in [3.05, 3.63) is 70.0 Å². The molecule has 0 aliphatic heterocycles. The summed E-state index contributed by atoms with van der Waals surface area (Å²) in [5.74, 6) is 0.237. The van der Waals surface area contributed by atoms with Gasteiger partial charge in [0.1, 0.15) is 5.82 Å². The van der Waals surface area contributed by atoms with Crippen molar-refractivity contribution in [2.75, 3.05) is 0 Å². The van der Waals surface area contributed by atoms with Gasteiger partial charge in [0, 0.05) is 6.04 Å². The molecular formula is C18H20FN. The van der Waals surface area contributed by atoms with Crippen LogP contribution < -0.4 is 5.73 Å². The van der Waals surface area contributed by atoms with E-state index < -0.39 is 0 Å². The summed E-state index contributed by atoms with van der Waals surface area (Å²) in [5.41, 5.74) is 12.4. The Bertz CT molecular complexity index is 600. The summed E-state index contributed by atoms with van der Waals surface area (Å²) in [7, 11) is 0. The van der Waals surface area contributed by atoms with Crippen molar-refractivity contribution in [3.63, 3.8) is 0 Å². The molecule has 0 saturated carbocycles. The van der Waals surface area contributed by atoms with Crippen molar-refractivity contribution < 1.29 is 4.39 Å². The minimum absolute atomic E-state index is 0.0250. The summed E-state index contributed by atoms with van der Waals surface area (Å²) < 4.78 is 13.4. The van der Waals surface area contributed by atoms with Crippen LogP contribution in [0, 0.1) is 25.6 Å². The molecule has 0 aromatic heterocycles. The van der Waals surface area contributed by atoms with Crippen LogP contribution in [0.4, 0.5) is 4.39 Å². The highest BCUT2D eigenvalue weighted by Crippen LogP contribution is 2.36. The highest BCUT2D eigenvalue weighted by atomic mass is 19.1. The highest BCUT2D eigenvalue weighted by molar-refractivity contribution is 5.39. The monoisotopic (exact) mass is 269 g/mol. The number of benzene rings is 2. The molecular weight excluding hydrogens is 249 g/mol. The van der Waals surface area contributed by atoms with Gasteiger partial charge < -0.3 is 5.73 Å². The van der Waals surface area contributed by atoms with E-state index in [9.17, 15) is 4.39 Å². The van der Waals surface area contributed by atoms with Crippen molar-refractivity contribution in [2.24, 2.45) is 11.7 Å². The summed E-state index contributed by atoms with van der Waals surface area (Å²) in [6.45, 7) is 3.90. The van der Waals surface area contributed by atoms with Gasteiger partial charge in [0.15, 0.2) is 0 Å². The van der Waals surface area contributed by atoms with Gasteiger partial charge in [-0.2, -0.15) is 0 Å². The Balaban J connectivity index is 1.90. The van der Waals surface area contributed by atoms with E-state index >= 15 is 0 Å². The minimum Gasteiger partial charge on any atom is -0.324 e. The third kappa shape index (κ3) is 2.25. The molecule has 104 valence electrons. The smallest absolute Gasteiger partial charge is 0.123 e. The second-order valence-electron chi connectivity index (χ2n) is 5.92. The number of fused-ring (bicyclic) bond motifs is 1. The molecule has 1 atom stereocenters. The maximum Gasteiger partial charge on any atom is 0.123 e. The lowest BCUT2D eigenvalue weighted by molar-refractivity contribution is 0.450. The highest BCUT2D eigenvalue weighted by Gasteiger charge is 2.28. The van der Waals surface area contributed by atoms with Crippen LogP contribution in [0.15, 0.2) is 36.4 Å². The van der Waals surface area contributed by atoms with Crippen molar-refractivity contribution in [3.8, 4) is 0 Å². The molecule has 20 heavy (non-hydrogen) atoms. The van der Waals surface area contributed by atoms with Gasteiger partial charge in [0.25, 0.3) is 0 Å². The van der Waals surface area contributed by atoms with Gasteiger partial charge in [-0.1, -0.05) is 24.3 Å². The van der Waals surface area contributed by atoms with E-state index in [4.69, 9.17) is 5.73 Å². The predicted octanol–water partition coefficient (Wildman–Crippen LogP) is 3.86. The number of halogens is 1. The Kier molecular flexibility index (Phi) is 3.35. The van der Waals surface area contributed by atoms with Crippen molar-refractivity contribution in [2.45, 2.75) is 32.7 Å². The first-order valence-corrected chi connectivity index (χ1v) is 7.15. The molecule has 0 amide bonds. The van der Waals surface area contributed by atoms with Crippen molar-refractivity contribution in [1.82, 2.24) is 0 Å². The lowest BCUT2D eigenvalue weighted by Gasteiger charge is -2.23. The molecule has 0 spiro atoms. The molecule has 1 aliphatic rings. The summed E-state index contributed by atoms with van der Waals surface area (Å²) >= 11 is 0. The number of hydrogen-bond acceptors (Lipinski definition) is 1. The van der Waals surface area contributed by atoms with E-state index in [0.717, 1.165) is 29.5 Å². The average Bonchev–Trinajstić information content (AvgIpc) is 2.81. The third-order valence-electron chi connectivity index (χ3n) is 4.48. The van der Waals surface area contributed by atoms with Crippen LogP contribution in [-0.4, -0.2) is 0 Å². The van der Waals surface area contributed by atoms with Gasteiger partial charge in [-0.25, -0.2) is 4.39 Å². The normalized spacial score (nSPS) is 16.2. The van der Waals surface area contributed by atoms with Crippen molar-refractivity contribution >= 4 is 0 Å². The Morgan fingerprint density at radius 3 is 2.05 bits per heavy atom. The van der Waals surface area contributed by atoms with E-state index in [1.807, 2.05) is 13.8 Å². The van der Waals surface area contributed by atoms with Gasteiger partial charge in [0.05, 0.1) is 0 Å². The Morgan fingerprint density at radius 1 is 1.05 bits per heavy atom. The van der Waals surface area contributed by atoms with Gasteiger partial charge in [0.2, 0.25) is 0 Å². The summed E-state index contributed by atoms with van der Waals surface area (Å²) in [4.78, 5) is 0. The van der Waals surface area contributed by atoms with Crippen molar-refractivity contribution in [1.29, 1.82) is 0 Å². The topological polar surface area (TPSA) is 26.0 Å². The van der Waals surface area contributed by atoms with Crippen LogP contribution in [0.25, 0.3) is 0 Å². The Morgan fingerprint density at radius 2 is 1.55 bits per heavy atom. The standard InChI is InChI=1S/C18H20FN/c1-11-7-16(19)8-12(2)17(11)18(20)15-9-13-5-3-4-6-14(13)10-15/h3-8,15,18H,9-10,20H2,1-2H3. The minimum atomic E-state index is -0.175. The maximum atomic E-state index is 13.4. The zero-order valence-corrected chi connectivity index (χ0v) is 12.0. The molecule has 0 fully saturated rings. The van der Waals surface area contributed by atoms with Crippen LogP contribution in [-0.2, 0) is 12.8 Å². The van der Waals surface area contributed by atoms with Crippen LogP contribution in [0.2, 0.25) is 0 Å². The van der Waals surface area contributed by atoms with Gasteiger partial charge in [-0.05, 0) is 72.6 Å². The molecule has 2 N–H and O–H groups in total. The molecule has 0 saturated heterocycles. The third-order valence-corrected chi connectivity index (χ3v) is 4.48. The lowest BCUT2D eigenvalue weighted by Crippen LogP contribution is -2.23. The number of nitrogens with two attached hydrogens (primary N) is 1. The van der Waals surface area contributed by atoms with Crippen LogP contribution in [0.3, 0.4) is 0 Å². The molecule has 0 bridgehead atoms. The molecule has 3 rings (SSSR count). The predicted molar refractivity (Wildman–Crippen MR) is 80.1 cm³/mol. The van der Waals surface area contributed by atoms with Crippen LogP contribution in [0.5, 0.6) is 0 Å². The zero-order valence-electron chi connectivity index (χ0n) is 12.0. The first-order valence-electron chi connectivity index (χ1n) is 7.15. The Labute approximate surface area is 119 Å². The molecule has 2 heteroatoms. The van der Waals surface area contributed by atoms with E-state index in [-0.39, 0.29) is 11.9 Å². The van der Waals surface area contributed by atoms with E-state index in [1.54, 1.807) is 12.1 Å². The number of rotatable bonds is 2. The molecule has 1 unspecified atom stereocenters. The van der Waals surface area contributed by atoms with Crippen LogP contribution >= 0.6 is 0 Å². The van der Waals surface area contributed by atoms with Gasteiger partial charge in [-0.3, -0.25) is 0 Å². The summed E-state index contributed by atoms with van der Waals surface area (Å²) in [6, 6.07) is 11.7. The zero-order chi connectivity index (χ0) is 14.3. The van der Waals surface area contributed by atoms with Gasteiger partial charge in [-0.15, -0.1) is 0 Å². The first-order chi connectivity index (χ1) is 9.56. The molecule has 1 aliphatic carbocycles. The number of hydrogen-bond donors (Lipinski definition) is 1. The second-order valence-corrected chi connectivity index (χ2v) is 5.92. The number of aryl methyl sites for hydroxylation is 2. The summed E-state index contributed by atoms with van der Waals surface area (Å²) in [6.07, 6.45) is 2.04. The van der Waals surface area contributed by atoms with E-state index in [1.165, 1.54) is 11.1 Å². The Hall–Kier alpha value is -1.67. The quantitative estimate of drug-likeness (QED) is 0.880. The van der Waals surface area contributed by atoms with E-state index in [2.05, 4.69) is 24.3 Å². The SMILES string of the molecule is Cc1cc(F)cc(C)c1C(N)C1Cc2ccccc2C1. The fourth-order valence-corrected chi connectivity index (χ4v) is 3.53. The fraction of sp³-hybridized carbons (Fsp3) is 0.333. The second kappa shape index (κ2) is 5.02. The molecule has 0 radical (unpaired) electrons. The summed E-state index contributed by atoms with van der Waals surface area (Å²) in [5, 5.41) is 0. The molecule has 1 nitrogen and oxygen atoms in total. The molecule has 0 heterocycles. The van der Waals surface area contributed by atoms with E-state index in [0.29, 0.717) is 5.92 Å². The fourth-order valence-electron chi connectivity index (χ4n) is 3.53. The average molecular weight is 269 g/mol. The van der Waals surface area contributed by atoms with Crippen LogP contribution in [0.1, 0.15) is 33.9 Å². The molecule has 2 aromatic carbocycles. The lowest BCUT2D eigenvalue weighted by atomic mass is 9.86.